The van der Waals surface area contributed by atoms with E-state index in [2.05, 4.69) is 29.9 Å². The lowest BCUT2D eigenvalue weighted by atomic mass is 10.2. The van der Waals surface area contributed by atoms with Gasteiger partial charge in [0.2, 0.25) is 5.28 Å². The normalized spacial score (nSPS) is 13.4. The molecular formula is C13H12Cl2N2S. The zero-order valence-corrected chi connectivity index (χ0v) is 12.6. The van der Waals surface area contributed by atoms with Crippen molar-refractivity contribution in [1.82, 2.24) is 9.97 Å². The fourth-order valence-corrected chi connectivity index (χ4v) is 3.24. The van der Waals surface area contributed by atoms with Gasteiger partial charge < -0.3 is 0 Å². The van der Waals surface area contributed by atoms with E-state index in [0.29, 0.717) is 5.15 Å². The fourth-order valence-electron chi connectivity index (χ4n) is 1.60. The molecule has 5 heteroatoms. The lowest BCUT2D eigenvalue weighted by Crippen LogP contribution is -2.18. The third-order valence-corrected chi connectivity index (χ3v) is 4.00. The van der Waals surface area contributed by atoms with Gasteiger partial charge in [-0.25, -0.2) is 9.97 Å². The molecule has 0 amide bonds. The van der Waals surface area contributed by atoms with Gasteiger partial charge >= 0.3 is 0 Å². The number of halogens is 2. The van der Waals surface area contributed by atoms with Gasteiger partial charge in [0.05, 0.1) is 5.39 Å². The van der Waals surface area contributed by atoms with Gasteiger partial charge in [-0.2, -0.15) is 0 Å². The summed E-state index contributed by atoms with van der Waals surface area (Å²) in [6.07, 6.45) is 6.15. The molecule has 0 atom stereocenters. The van der Waals surface area contributed by atoms with Crippen molar-refractivity contribution < 1.29 is 0 Å². The fraction of sp³-hybridized carbons (Fsp3) is 0.231. The van der Waals surface area contributed by atoms with E-state index < -0.39 is 0 Å². The van der Waals surface area contributed by atoms with Gasteiger partial charge in [0.1, 0.15) is 9.98 Å². The van der Waals surface area contributed by atoms with Gasteiger partial charge in [-0.15, -0.1) is 11.3 Å². The van der Waals surface area contributed by atoms with Crippen LogP contribution in [0.4, 0.5) is 0 Å². The molecule has 2 nitrogen and oxygen atoms in total. The largest absolute Gasteiger partial charge is 0.225 e. The van der Waals surface area contributed by atoms with Crippen molar-refractivity contribution in [3.8, 4) is 0 Å². The Morgan fingerprint density at radius 3 is 2.56 bits per heavy atom. The molecule has 94 valence electrons. The van der Waals surface area contributed by atoms with Crippen LogP contribution in [0.3, 0.4) is 0 Å². The van der Waals surface area contributed by atoms with E-state index in [4.69, 9.17) is 23.2 Å². The number of allylic oxidation sites excluding steroid dienone is 2. The van der Waals surface area contributed by atoms with E-state index in [1.54, 1.807) is 11.3 Å². The molecule has 0 fully saturated rings. The topological polar surface area (TPSA) is 25.8 Å². The summed E-state index contributed by atoms with van der Waals surface area (Å²) in [7, 11) is 0. The molecule has 0 saturated carbocycles. The third-order valence-electron chi connectivity index (χ3n) is 2.39. The van der Waals surface area contributed by atoms with Crippen molar-refractivity contribution in [2.45, 2.75) is 20.8 Å². The van der Waals surface area contributed by atoms with Gasteiger partial charge in [-0.1, -0.05) is 35.4 Å². The summed E-state index contributed by atoms with van der Waals surface area (Å²) in [4.78, 5) is 9.05. The average molecular weight is 299 g/mol. The highest BCUT2D eigenvalue weighted by Crippen LogP contribution is 2.20. The summed E-state index contributed by atoms with van der Waals surface area (Å²) < 4.78 is 1.13. The van der Waals surface area contributed by atoms with Gasteiger partial charge in [0, 0.05) is 9.75 Å². The number of aromatic nitrogens is 2. The summed E-state index contributed by atoms with van der Waals surface area (Å²) in [6, 6.07) is 0. The van der Waals surface area contributed by atoms with Crippen LogP contribution in [0.2, 0.25) is 10.4 Å². The van der Waals surface area contributed by atoms with Crippen molar-refractivity contribution in [1.29, 1.82) is 0 Å². The Kier molecular flexibility index (Phi) is 4.05. The molecule has 0 bridgehead atoms. The van der Waals surface area contributed by atoms with E-state index >= 15 is 0 Å². The minimum Gasteiger partial charge on any atom is -0.207 e. The summed E-state index contributed by atoms with van der Waals surface area (Å²) in [5, 5.41) is 2.52. The van der Waals surface area contributed by atoms with E-state index in [1.807, 2.05) is 19.1 Å². The Morgan fingerprint density at radius 1 is 1.22 bits per heavy atom. The number of rotatable bonds is 1. The maximum absolute atomic E-state index is 6.17. The summed E-state index contributed by atoms with van der Waals surface area (Å²) in [6.45, 7) is 6.10. The molecular weight excluding hydrogens is 287 g/mol. The van der Waals surface area contributed by atoms with Crippen molar-refractivity contribution in [3.05, 3.63) is 31.8 Å². The predicted molar refractivity (Wildman–Crippen MR) is 80.7 cm³/mol. The molecule has 0 aliphatic carbocycles. The highest BCUT2D eigenvalue weighted by molar-refractivity contribution is 7.16. The van der Waals surface area contributed by atoms with Crippen molar-refractivity contribution >= 4 is 56.9 Å². The van der Waals surface area contributed by atoms with Crippen LogP contribution in [0.5, 0.6) is 0 Å². The molecule has 2 rings (SSSR count). The summed E-state index contributed by atoms with van der Waals surface area (Å²) in [5.74, 6) is 0. The molecule has 0 saturated heterocycles. The van der Waals surface area contributed by atoms with E-state index in [0.717, 1.165) is 20.0 Å². The first kappa shape index (κ1) is 13.5. The van der Waals surface area contributed by atoms with Crippen LogP contribution in [-0.4, -0.2) is 9.97 Å². The zero-order chi connectivity index (χ0) is 13.3. The van der Waals surface area contributed by atoms with E-state index in [1.165, 1.54) is 5.57 Å². The van der Waals surface area contributed by atoms with Crippen molar-refractivity contribution in [3.63, 3.8) is 0 Å². The van der Waals surface area contributed by atoms with Gasteiger partial charge in [-0.05, 0) is 32.4 Å². The summed E-state index contributed by atoms with van der Waals surface area (Å²) in [5.41, 5.74) is 1.22. The molecule has 18 heavy (non-hydrogen) atoms. The Morgan fingerprint density at radius 2 is 1.94 bits per heavy atom. The zero-order valence-electron chi connectivity index (χ0n) is 10.3. The Balaban J connectivity index is 2.95. The monoisotopic (exact) mass is 298 g/mol. The standard InChI is InChI=1S/C13H12Cl2N2S/c1-4-9-8(6-5-7(2)3)10-11(14)16-13(15)17-12(10)18-9/h4-6H,1-3H3/b8-6+,9-4+. The highest BCUT2D eigenvalue weighted by Gasteiger charge is 2.09. The van der Waals surface area contributed by atoms with Gasteiger partial charge in [-0.3, -0.25) is 0 Å². The minimum atomic E-state index is 0.185. The number of hydrogen-bond donors (Lipinski definition) is 0. The van der Waals surface area contributed by atoms with Crippen LogP contribution in [0.15, 0.2) is 11.6 Å². The molecule has 0 unspecified atom stereocenters. The smallest absolute Gasteiger partial charge is 0.207 e. The first-order valence-electron chi connectivity index (χ1n) is 5.46. The first-order valence-corrected chi connectivity index (χ1v) is 7.03. The van der Waals surface area contributed by atoms with Crippen LogP contribution in [-0.2, 0) is 0 Å². The average Bonchev–Trinajstić information content (AvgIpc) is 2.64. The molecule has 2 heterocycles. The maximum Gasteiger partial charge on any atom is 0.225 e. The van der Waals surface area contributed by atoms with Gasteiger partial charge in [0.25, 0.3) is 0 Å². The maximum atomic E-state index is 6.17. The number of thiophene rings is 1. The van der Waals surface area contributed by atoms with Crippen molar-refractivity contribution in [2.24, 2.45) is 0 Å². The highest BCUT2D eigenvalue weighted by atomic mass is 35.5. The van der Waals surface area contributed by atoms with Crippen LogP contribution in [0.1, 0.15) is 20.8 Å². The molecule has 0 radical (unpaired) electrons. The van der Waals surface area contributed by atoms with Crippen LogP contribution in [0.25, 0.3) is 22.4 Å². The molecule has 0 spiro atoms. The lowest BCUT2D eigenvalue weighted by Gasteiger charge is -1.93. The quantitative estimate of drug-likeness (QED) is 0.594. The SMILES string of the molecule is C/C=c1/sc2nc(Cl)nc(Cl)c2/c1=C/C=C(C)C. The third kappa shape index (κ3) is 2.58. The van der Waals surface area contributed by atoms with Gasteiger partial charge in [0.15, 0.2) is 0 Å². The number of fused-ring (bicyclic) bond motifs is 1. The molecule has 2 aromatic rings. The lowest BCUT2D eigenvalue weighted by molar-refractivity contribution is 1.23. The van der Waals surface area contributed by atoms with Crippen LogP contribution >= 0.6 is 34.5 Å². The number of hydrogen-bond acceptors (Lipinski definition) is 3. The van der Waals surface area contributed by atoms with Crippen LogP contribution in [0, 0.1) is 0 Å². The van der Waals surface area contributed by atoms with E-state index in [9.17, 15) is 0 Å². The second-order valence-corrected chi connectivity index (χ2v) is 5.77. The molecule has 0 aliphatic rings. The predicted octanol–water partition coefficient (Wildman–Crippen LogP) is 3.55. The Hall–Kier alpha value is -0.900. The first-order chi connectivity index (χ1) is 8.52. The van der Waals surface area contributed by atoms with Crippen molar-refractivity contribution in [2.75, 3.05) is 0 Å². The second-order valence-electron chi connectivity index (χ2n) is 4.04. The Labute approximate surface area is 119 Å². The molecule has 0 aromatic carbocycles. The van der Waals surface area contributed by atoms with E-state index in [-0.39, 0.29) is 5.28 Å². The summed E-state index contributed by atoms with van der Waals surface area (Å²) >= 11 is 13.6. The van der Waals surface area contributed by atoms with Crippen LogP contribution < -0.4 is 9.75 Å². The second kappa shape index (κ2) is 5.39. The molecule has 0 N–H and O–H groups in total. The minimum absolute atomic E-state index is 0.185. The molecule has 0 aliphatic heterocycles. The molecule has 2 aromatic heterocycles. The Bertz CT molecular complexity index is 740. The number of nitrogens with zero attached hydrogens (tertiary/aromatic N) is 2.